The zero-order chi connectivity index (χ0) is 12.2. The number of hydrogen-bond donors (Lipinski definition) is 1. The first-order valence-electron chi connectivity index (χ1n) is 6.34. The summed E-state index contributed by atoms with van der Waals surface area (Å²) in [5, 5.41) is 3.34. The molecule has 0 unspecified atom stereocenters. The van der Waals surface area contributed by atoms with Crippen LogP contribution in [0.1, 0.15) is 22.9 Å². The van der Waals surface area contributed by atoms with Gasteiger partial charge in [-0.25, -0.2) is 4.98 Å². The standard InChI is InChI=1S/C15H16N2O/c1-2-4-12(5-3-1)6-7-15-17-13-8-10-16-11-9-14(13)18-15/h1-7,16H,8-11H2. The van der Waals surface area contributed by atoms with E-state index in [9.17, 15) is 0 Å². The largest absolute Gasteiger partial charge is 0.441 e. The second-order valence-corrected chi connectivity index (χ2v) is 4.42. The number of aromatic nitrogens is 1. The molecule has 3 rings (SSSR count). The molecule has 1 aromatic heterocycles. The molecule has 2 aromatic rings. The molecule has 2 heterocycles. The maximum Gasteiger partial charge on any atom is 0.219 e. The van der Waals surface area contributed by atoms with E-state index in [4.69, 9.17) is 4.42 Å². The predicted octanol–water partition coefficient (Wildman–Crippen LogP) is 2.53. The summed E-state index contributed by atoms with van der Waals surface area (Å²) >= 11 is 0. The van der Waals surface area contributed by atoms with E-state index in [2.05, 4.69) is 22.4 Å². The number of rotatable bonds is 2. The van der Waals surface area contributed by atoms with Gasteiger partial charge in [0.1, 0.15) is 5.76 Å². The fraction of sp³-hybridized carbons (Fsp3) is 0.267. The fourth-order valence-electron chi connectivity index (χ4n) is 2.13. The van der Waals surface area contributed by atoms with Crippen LogP contribution >= 0.6 is 0 Å². The van der Waals surface area contributed by atoms with Crippen molar-refractivity contribution in [1.82, 2.24) is 10.3 Å². The van der Waals surface area contributed by atoms with E-state index in [0.29, 0.717) is 5.89 Å². The smallest absolute Gasteiger partial charge is 0.219 e. The molecule has 1 aromatic carbocycles. The molecule has 0 saturated carbocycles. The predicted molar refractivity (Wildman–Crippen MR) is 72.2 cm³/mol. The molecule has 0 fully saturated rings. The highest BCUT2D eigenvalue weighted by Gasteiger charge is 2.13. The first-order valence-corrected chi connectivity index (χ1v) is 6.34. The van der Waals surface area contributed by atoms with Gasteiger partial charge in [-0.1, -0.05) is 30.3 Å². The van der Waals surface area contributed by atoms with E-state index in [1.165, 1.54) is 0 Å². The molecule has 0 bridgehead atoms. The maximum atomic E-state index is 5.77. The molecule has 0 spiro atoms. The third-order valence-electron chi connectivity index (χ3n) is 3.08. The molecule has 0 amide bonds. The van der Waals surface area contributed by atoms with Crippen molar-refractivity contribution in [2.75, 3.05) is 13.1 Å². The van der Waals surface area contributed by atoms with Crippen molar-refractivity contribution in [3.8, 4) is 0 Å². The first-order chi connectivity index (χ1) is 8.92. The third kappa shape index (κ3) is 2.51. The Bertz CT molecular complexity index is 519. The van der Waals surface area contributed by atoms with Gasteiger partial charge >= 0.3 is 0 Å². The Kier molecular flexibility index (Phi) is 3.24. The molecule has 0 atom stereocenters. The van der Waals surface area contributed by atoms with Crippen molar-refractivity contribution in [3.05, 3.63) is 53.2 Å². The van der Waals surface area contributed by atoms with Gasteiger partial charge in [0.2, 0.25) is 5.89 Å². The van der Waals surface area contributed by atoms with Crippen molar-refractivity contribution in [3.63, 3.8) is 0 Å². The summed E-state index contributed by atoms with van der Waals surface area (Å²) in [5.41, 5.74) is 2.26. The Morgan fingerprint density at radius 3 is 2.78 bits per heavy atom. The highest BCUT2D eigenvalue weighted by atomic mass is 16.4. The van der Waals surface area contributed by atoms with Gasteiger partial charge in [-0.3, -0.25) is 0 Å². The number of benzene rings is 1. The minimum absolute atomic E-state index is 0.714. The summed E-state index contributed by atoms with van der Waals surface area (Å²) in [6.45, 7) is 1.96. The molecule has 0 radical (unpaired) electrons. The van der Waals surface area contributed by atoms with Crippen LogP contribution in [0.4, 0.5) is 0 Å². The molecular weight excluding hydrogens is 224 g/mol. The lowest BCUT2D eigenvalue weighted by Crippen LogP contribution is -2.16. The van der Waals surface area contributed by atoms with Crippen LogP contribution in [-0.4, -0.2) is 18.1 Å². The van der Waals surface area contributed by atoms with Crippen LogP contribution in [0.5, 0.6) is 0 Å². The molecule has 3 nitrogen and oxygen atoms in total. The van der Waals surface area contributed by atoms with Gasteiger partial charge in [-0.15, -0.1) is 0 Å². The second kappa shape index (κ2) is 5.19. The van der Waals surface area contributed by atoms with Crippen molar-refractivity contribution in [2.24, 2.45) is 0 Å². The van der Waals surface area contributed by atoms with E-state index >= 15 is 0 Å². The maximum absolute atomic E-state index is 5.77. The van der Waals surface area contributed by atoms with Crippen LogP contribution in [0.3, 0.4) is 0 Å². The summed E-state index contributed by atoms with van der Waals surface area (Å²) in [6.07, 6.45) is 5.86. The Morgan fingerprint density at radius 2 is 1.89 bits per heavy atom. The minimum Gasteiger partial charge on any atom is -0.441 e. The van der Waals surface area contributed by atoms with Crippen molar-refractivity contribution in [1.29, 1.82) is 0 Å². The number of oxazole rings is 1. The van der Waals surface area contributed by atoms with Gasteiger partial charge in [0.05, 0.1) is 5.69 Å². The van der Waals surface area contributed by atoms with Crippen LogP contribution in [0.2, 0.25) is 0 Å². The Labute approximate surface area is 107 Å². The van der Waals surface area contributed by atoms with E-state index in [1.54, 1.807) is 0 Å². The van der Waals surface area contributed by atoms with E-state index < -0.39 is 0 Å². The highest BCUT2D eigenvalue weighted by Crippen LogP contribution is 2.16. The summed E-state index contributed by atoms with van der Waals surface area (Å²) < 4.78 is 5.77. The van der Waals surface area contributed by atoms with Crippen LogP contribution in [0.25, 0.3) is 12.2 Å². The normalized spacial score (nSPS) is 15.6. The quantitative estimate of drug-likeness (QED) is 0.876. The van der Waals surface area contributed by atoms with Gasteiger partial charge in [0, 0.05) is 32.0 Å². The van der Waals surface area contributed by atoms with Crippen LogP contribution < -0.4 is 5.32 Å². The zero-order valence-electron chi connectivity index (χ0n) is 10.2. The number of fused-ring (bicyclic) bond motifs is 1. The van der Waals surface area contributed by atoms with Crippen molar-refractivity contribution in [2.45, 2.75) is 12.8 Å². The van der Waals surface area contributed by atoms with E-state index in [0.717, 1.165) is 42.9 Å². The van der Waals surface area contributed by atoms with Crippen molar-refractivity contribution < 1.29 is 4.42 Å². The average Bonchev–Trinajstić information content (AvgIpc) is 2.68. The van der Waals surface area contributed by atoms with Gasteiger partial charge in [-0.2, -0.15) is 0 Å². The fourth-order valence-corrected chi connectivity index (χ4v) is 2.13. The molecule has 0 aliphatic carbocycles. The van der Waals surface area contributed by atoms with Crippen molar-refractivity contribution >= 4 is 12.2 Å². The van der Waals surface area contributed by atoms with Gasteiger partial charge in [0.15, 0.2) is 0 Å². The molecule has 1 aliphatic rings. The summed E-state index contributed by atoms with van der Waals surface area (Å²) in [5.74, 6) is 1.75. The Morgan fingerprint density at radius 1 is 1.06 bits per heavy atom. The zero-order valence-corrected chi connectivity index (χ0v) is 10.2. The van der Waals surface area contributed by atoms with Crippen LogP contribution in [-0.2, 0) is 12.8 Å². The molecule has 92 valence electrons. The molecule has 3 heteroatoms. The molecule has 18 heavy (non-hydrogen) atoms. The summed E-state index contributed by atoms with van der Waals surface area (Å²) in [6, 6.07) is 10.2. The molecule has 1 N–H and O–H groups in total. The first kappa shape index (κ1) is 11.2. The molecule has 1 aliphatic heterocycles. The lowest BCUT2D eigenvalue weighted by molar-refractivity contribution is 0.491. The molecule has 0 saturated heterocycles. The summed E-state index contributed by atoms with van der Waals surface area (Å²) in [4.78, 5) is 4.53. The Balaban J connectivity index is 1.79. The third-order valence-corrected chi connectivity index (χ3v) is 3.08. The van der Waals surface area contributed by atoms with Gasteiger partial charge in [0.25, 0.3) is 0 Å². The minimum atomic E-state index is 0.714. The van der Waals surface area contributed by atoms with E-state index in [-0.39, 0.29) is 0 Å². The number of nitrogens with zero attached hydrogens (tertiary/aromatic N) is 1. The lowest BCUT2D eigenvalue weighted by atomic mass is 10.2. The lowest BCUT2D eigenvalue weighted by Gasteiger charge is -1.94. The van der Waals surface area contributed by atoms with Gasteiger partial charge in [-0.05, 0) is 11.6 Å². The SMILES string of the molecule is C(=Cc1nc2c(o1)CCNCC2)c1ccccc1. The van der Waals surface area contributed by atoms with E-state index in [1.807, 2.05) is 30.4 Å². The average molecular weight is 240 g/mol. The highest BCUT2D eigenvalue weighted by molar-refractivity contribution is 5.65. The topological polar surface area (TPSA) is 38.1 Å². The number of nitrogens with one attached hydrogen (secondary N) is 1. The Hall–Kier alpha value is -1.87. The van der Waals surface area contributed by atoms with Gasteiger partial charge < -0.3 is 9.73 Å². The second-order valence-electron chi connectivity index (χ2n) is 4.42. The summed E-state index contributed by atoms with van der Waals surface area (Å²) in [7, 11) is 0. The number of hydrogen-bond acceptors (Lipinski definition) is 3. The van der Waals surface area contributed by atoms with Crippen LogP contribution in [0, 0.1) is 0 Å². The monoisotopic (exact) mass is 240 g/mol. The molecular formula is C15H16N2O. The van der Waals surface area contributed by atoms with Crippen LogP contribution in [0.15, 0.2) is 34.7 Å².